The summed E-state index contributed by atoms with van der Waals surface area (Å²) in [5, 5.41) is 2.90. The van der Waals surface area contributed by atoms with Gasteiger partial charge in [0.15, 0.2) is 0 Å². The van der Waals surface area contributed by atoms with Crippen LogP contribution in [0.2, 0.25) is 5.02 Å². The van der Waals surface area contributed by atoms with Gasteiger partial charge in [-0.25, -0.2) is 0 Å². The molecular weight excluding hydrogens is 340 g/mol. The highest BCUT2D eigenvalue weighted by atomic mass is 35.5. The fraction of sp³-hybridized carbons (Fsp3) is 0.133. The lowest BCUT2D eigenvalue weighted by Gasteiger charge is -2.12. The SMILES string of the molecule is CC(=O)Nc1ccc(S(=O)(=O)Oc2cccc(Cl)c2C)cc1N. The number of nitrogens with two attached hydrogens (primary N) is 1. The molecule has 0 bridgehead atoms. The zero-order chi connectivity index (χ0) is 17.2. The molecule has 0 radical (unpaired) electrons. The predicted molar refractivity (Wildman–Crippen MR) is 89.2 cm³/mol. The van der Waals surface area contributed by atoms with Crippen molar-refractivity contribution >= 4 is 39.0 Å². The summed E-state index contributed by atoms with van der Waals surface area (Å²) in [4.78, 5) is 10.9. The molecule has 2 rings (SSSR count). The molecule has 0 spiro atoms. The maximum atomic E-state index is 12.3. The first-order valence-electron chi connectivity index (χ1n) is 6.57. The molecule has 0 saturated carbocycles. The third-order valence-corrected chi connectivity index (χ3v) is 4.68. The molecule has 0 aromatic heterocycles. The second kappa shape index (κ2) is 6.47. The Balaban J connectivity index is 2.35. The maximum absolute atomic E-state index is 12.3. The number of nitrogen functional groups attached to an aromatic ring is 1. The number of halogens is 1. The predicted octanol–water partition coefficient (Wildman–Crippen LogP) is 2.96. The molecule has 0 aliphatic rings. The van der Waals surface area contributed by atoms with Crippen molar-refractivity contribution in [3.05, 3.63) is 47.0 Å². The number of anilines is 2. The van der Waals surface area contributed by atoms with Gasteiger partial charge in [-0.2, -0.15) is 8.42 Å². The minimum Gasteiger partial charge on any atom is -0.397 e. The van der Waals surface area contributed by atoms with E-state index >= 15 is 0 Å². The van der Waals surface area contributed by atoms with Gasteiger partial charge < -0.3 is 15.2 Å². The van der Waals surface area contributed by atoms with Crippen molar-refractivity contribution in [1.82, 2.24) is 0 Å². The molecule has 0 fully saturated rings. The smallest absolute Gasteiger partial charge is 0.339 e. The van der Waals surface area contributed by atoms with Crippen LogP contribution in [0, 0.1) is 6.92 Å². The molecule has 2 aromatic rings. The third kappa shape index (κ3) is 3.94. The van der Waals surface area contributed by atoms with E-state index in [1.54, 1.807) is 19.1 Å². The number of carbonyl (C=O) groups excluding carboxylic acids is 1. The van der Waals surface area contributed by atoms with Crippen LogP contribution in [0.1, 0.15) is 12.5 Å². The Morgan fingerprint density at radius 2 is 1.96 bits per heavy atom. The molecule has 0 atom stereocenters. The molecule has 0 saturated heterocycles. The van der Waals surface area contributed by atoms with E-state index in [0.29, 0.717) is 16.3 Å². The Kier molecular flexibility index (Phi) is 4.82. The van der Waals surface area contributed by atoms with Gasteiger partial charge >= 0.3 is 10.1 Å². The first-order valence-corrected chi connectivity index (χ1v) is 8.36. The Bertz CT molecular complexity index is 866. The largest absolute Gasteiger partial charge is 0.397 e. The van der Waals surface area contributed by atoms with Gasteiger partial charge in [0.05, 0.1) is 11.4 Å². The summed E-state index contributed by atoms with van der Waals surface area (Å²) in [6.45, 7) is 2.98. The number of rotatable bonds is 4. The topological polar surface area (TPSA) is 98.5 Å². The van der Waals surface area contributed by atoms with Gasteiger partial charge in [0.2, 0.25) is 5.91 Å². The van der Waals surface area contributed by atoms with Crippen molar-refractivity contribution < 1.29 is 17.4 Å². The van der Waals surface area contributed by atoms with Crippen LogP contribution >= 0.6 is 11.6 Å². The number of hydrogen-bond donors (Lipinski definition) is 2. The van der Waals surface area contributed by atoms with E-state index < -0.39 is 10.1 Å². The Morgan fingerprint density at radius 1 is 1.26 bits per heavy atom. The molecular formula is C15H15ClN2O4S. The maximum Gasteiger partial charge on any atom is 0.339 e. The molecule has 1 amide bonds. The number of hydrogen-bond acceptors (Lipinski definition) is 5. The van der Waals surface area contributed by atoms with Gasteiger partial charge in [-0.05, 0) is 37.3 Å². The van der Waals surface area contributed by atoms with Crippen molar-refractivity contribution in [3.63, 3.8) is 0 Å². The van der Waals surface area contributed by atoms with Crippen molar-refractivity contribution in [2.45, 2.75) is 18.7 Å². The molecule has 0 aliphatic heterocycles. The van der Waals surface area contributed by atoms with Gasteiger partial charge in [-0.15, -0.1) is 0 Å². The second-order valence-corrected chi connectivity index (χ2v) is 6.78. The Labute approximate surface area is 139 Å². The van der Waals surface area contributed by atoms with Crippen LogP contribution in [0.25, 0.3) is 0 Å². The van der Waals surface area contributed by atoms with Crippen molar-refractivity contribution in [2.75, 3.05) is 11.1 Å². The zero-order valence-corrected chi connectivity index (χ0v) is 14.0. The number of benzene rings is 2. The first kappa shape index (κ1) is 17.1. The average molecular weight is 355 g/mol. The highest BCUT2D eigenvalue weighted by molar-refractivity contribution is 7.87. The average Bonchev–Trinajstić information content (AvgIpc) is 2.45. The van der Waals surface area contributed by atoms with Crippen LogP contribution < -0.4 is 15.2 Å². The number of nitrogens with one attached hydrogen (secondary N) is 1. The standard InChI is InChI=1S/C15H15ClN2O4S/c1-9-12(16)4-3-5-15(9)22-23(20,21)11-6-7-14(13(17)8-11)18-10(2)19/h3-8H,17H2,1-2H3,(H,18,19). The second-order valence-electron chi connectivity index (χ2n) is 4.83. The third-order valence-electron chi connectivity index (χ3n) is 3.04. The van der Waals surface area contributed by atoms with E-state index in [1.807, 2.05) is 0 Å². The van der Waals surface area contributed by atoms with E-state index in [-0.39, 0.29) is 22.2 Å². The summed E-state index contributed by atoms with van der Waals surface area (Å²) in [7, 11) is -4.07. The molecule has 6 nitrogen and oxygen atoms in total. The van der Waals surface area contributed by atoms with Crippen LogP contribution in [-0.2, 0) is 14.9 Å². The molecule has 0 aliphatic carbocycles. The van der Waals surface area contributed by atoms with Crippen LogP contribution in [-0.4, -0.2) is 14.3 Å². The molecule has 2 aromatic carbocycles. The molecule has 23 heavy (non-hydrogen) atoms. The van der Waals surface area contributed by atoms with Crippen molar-refractivity contribution in [3.8, 4) is 5.75 Å². The van der Waals surface area contributed by atoms with Gasteiger partial charge in [0.25, 0.3) is 0 Å². The lowest BCUT2D eigenvalue weighted by atomic mass is 10.2. The lowest BCUT2D eigenvalue weighted by Crippen LogP contribution is -2.12. The normalized spacial score (nSPS) is 11.1. The molecule has 3 N–H and O–H groups in total. The summed E-state index contributed by atoms with van der Waals surface area (Å²) < 4.78 is 29.8. The van der Waals surface area contributed by atoms with Gasteiger partial charge in [-0.1, -0.05) is 17.7 Å². The molecule has 0 heterocycles. The van der Waals surface area contributed by atoms with Gasteiger partial charge in [0, 0.05) is 17.5 Å². The Morgan fingerprint density at radius 3 is 2.57 bits per heavy atom. The minimum atomic E-state index is -4.07. The van der Waals surface area contributed by atoms with E-state index in [0.717, 1.165) is 0 Å². The molecule has 0 unspecified atom stereocenters. The summed E-state index contributed by atoms with van der Waals surface area (Å²) in [5.74, 6) is -0.167. The van der Waals surface area contributed by atoms with Gasteiger partial charge in [0.1, 0.15) is 10.6 Å². The summed E-state index contributed by atoms with van der Waals surface area (Å²) >= 11 is 5.95. The highest BCUT2D eigenvalue weighted by Gasteiger charge is 2.19. The number of carbonyl (C=O) groups is 1. The molecule has 8 heteroatoms. The van der Waals surface area contributed by atoms with E-state index in [9.17, 15) is 13.2 Å². The van der Waals surface area contributed by atoms with E-state index in [4.69, 9.17) is 21.5 Å². The summed E-state index contributed by atoms with van der Waals surface area (Å²) in [5.41, 5.74) is 6.72. The minimum absolute atomic E-state index is 0.118. The summed E-state index contributed by atoms with van der Waals surface area (Å²) in [6.07, 6.45) is 0. The van der Waals surface area contributed by atoms with Crippen molar-refractivity contribution in [2.24, 2.45) is 0 Å². The highest BCUT2D eigenvalue weighted by Crippen LogP contribution is 2.29. The van der Waals surface area contributed by atoms with Crippen LogP contribution in [0.15, 0.2) is 41.3 Å². The Hall–Kier alpha value is -2.25. The van der Waals surface area contributed by atoms with Crippen LogP contribution in [0.5, 0.6) is 5.75 Å². The van der Waals surface area contributed by atoms with E-state index in [1.165, 1.54) is 31.2 Å². The van der Waals surface area contributed by atoms with E-state index in [2.05, 4.69) is 5.32 Å². The molecule has 122 valence electrons. The zero-order valence-electron chi connectivity index (χ0n) is 12.5. The first-order chi connectivity index (χ1) is 10.7. The van der Waals surface area contributed by atoms with Crippen LogP contribution in [0.3, 0.4) is 0 Å². The van der Waals surface area contributed by atoms with Gasteiger partial charge in [-0.3, -0.25) is 4.79 Å². The summed E-state index contributed by atoms with van der Waals surface area (Å²) in [6, 6.07) is 8.66. The fourth-order valence-corrected chi connectivity index (χ4v) is 3.03. The van der Waals surface area contributed by atoms with Crippen molar-refractivity contribution in [1.29, 1.82) is 0 Å². The lowest BCUT2D eigenvalue weighted by molar-refractivity contribution is -0.114. The van der Waals surface area contributed by atoms with Crippen LogP contribution in [0.4, 0.5) is 11.4 Å². The number of amides is 1. The monoisotopic (exact) mass is 354 g/mol. The quantitative estimate of drug-likeness (QED) is 0.649. The fourth-order valence-electron chi connectivity index (χ4n) is 1.84.